The largest absolute Gasteiger partial charge is 0.346 e. The smallest absolute Gasteiger partial charge is 0.265 e. The maximum Gasteiger partial charge on any atom is 0.265 e. The zero-order valence-electron chi connectivity index (χ0n) is 15.8. The molecule has 0 N–H and O–H groups in total. The fraction of sp³-hybridized carbons (Fsp3) is 0.579. The van der Waals surface area contributed by atoms with Gasteiger partial charge >= 0.3 is 0 Å². The van der Waals surface area contributed by atoms with E-state index in [-0.39, 0.29) is 42.3 Å². The molecule has 3 aliphatic heterocycles. The molecule has 10 heteroatoms. The van der Waals surface area contributed by atoms with E-state index in [2.05, 4.69) is 15.1 Å². The summed E-state index contributed by atoms with van der Waals surface area (Å²) < 4.78 is 29.1. The molecule has 1 amide bonds. The van der Waals surface area contributed by atoms with Crippen LogP contribution in [0, 0.1) is 5.92 Å². The van der Waals surface area contributed by atoms with E-state index in [1.165, 1.54) is 17.4 Å². The van der Waals surface area contributed by atoms with Crippen molar-refractivity contribution in [2.45, 2.75) is 37.6 Å². The Morgan fingerprint density at radius 3 is 2.86 bits per heavy atom. The van der Waals surface area contributed by atoms with Crippen molar-refractivity contribution in [2.75, 3.05) is 31.1 Å². The monoisotopic (exact) mass is 421 g/mol. The van der Waals surface area contributed by atoms with Crippen LogP contribution in [0.15, 0.2) is 22.4 Å². The number of hydrogen-bond acceptors (Lipinski definition) is 6. The number of halogens is 2. The third-order valence-corrected chi connectivity index (χ3v) is 6.88. The number of carbonyl (C=O) groups is 1. The zero-order chi connectivity index (χ0) is 20.2. The van der Waals surface area contributed by atoms with E-state index in [1.54, 1.807) is 10.1 Å². The molecule has 5 rings (SSSR count). The molecule has 0 saturated carbocycles. The van der Waals surface area contributed by atoms with Crippen LogP contribution < -0.4 is 10.5 Å². The highest BCUT2D eigenvalue weighted by Crippen LogP contribution is 2.37. The van der Waals surface area contributed by atoms with Gasteiger partial charge in [0.05, 0.1) is 6.54 Å². The van der Waals surface area contributed by atoms with Gasteiger partial charge in [-0.2, -0.15) is 0 Å². The number of amides is 1. The molecule has 2 aromatic heterocycles. The van der Waals surface area contributed by atoms with Crippen LogP contribution in [-0.4, -0.2) is 57.7 Å². The third kappa shape index (κ3) is 3.33. The quantitative estimate of drug-likeness (QED) is 0.744. The minimum absolute atomic E-state index is 0.00703. The molecule has 2 atom stereocenters. The van der Waals surface area contributed by atoms with Crippen molar-refractivity contribution < 1.29 is 13.6 Å². The molecule has 5 heterocycles. The lowest BCUT2D eigenvalue weighted by molar-refractivity contribution is -0.0560. The first-order valence-electron chi connectivity index (χ1n) is 9.83. The first-order valence-corrected chi connectivity index (χ1v) is 10.7. The minimum Gasteiger partial charge on any atom is -0.346 e. The molecule has 2 aromatic rings. The van der Waals surface area contributed by atoms with Gasteiger partial charge in [-0.3, -0.25) is 9.59 Å². The summed E-state index contributed by atoms with van der Waals surface area (Å²) in [6.45, 7) is 1.70. The molecule has 3 aliphatic rings. The molecule has 0 radical (unpaired) electrons. The Bertz CT molecular complexity index is 993. The van der Waals surface area contributed by atoms with E-state index < -0.39 is 18.4 Å². The molecule has 0 aromatic carbocycles. The van der Waals surface area contributed by atoms with Crippen LogP contribution in [0.4, 0.5) is 13.9 Å². The highest BCUT2D eigenvalue weighted by molar-refractivity contribution is 7.13. The lowest BCUT2D eigenvalue weighted by Gasteiger charge is -2.42. The van der Waals surface area contributed by atoms with Crippen LogP contribution in [-0.2, 0) is 6.54 Å². The van der Waals surface area contributed by atoms with Crippen molar-refractivity contribution in [1.82, 2.24) is 19.7 Å². The van der Waals surface area contributed by atoms with Gasteiger partial charge in [0.25, 0.3) is 17.4 Å². The lowest BCUT2D eigenvalue weighted by atomic mass is 9.83. The van der Waals surface area contributed by atoms with Crippen molar-refractivity contribution >= 4 is 22.4 Å². The first kappa shape index (κ1) is 18.7. The van der Waals surface area contributed by atoms with E-state index in [9.17, 15) is 18.4 Å². The molecule has 0 spiro atoms. The highest BCUT2D eigenvalue weighted by atomic mass is 32.1. The average Bonchev–Trinajstić information content (AvgIpc) is 3.22. The Kier molecular flexibility index (Phi) is 4.41. The van der Waals surface area contributed by atoms with E-state index in [0.29, 0.717) is 6.54 Å². The second-order valence-electron chi connectivity index (χ2n) is 8.20. The van der Waals surface area contributed by atoms with Gasteiger partial charge in [0.2, 0.25) is 5.13 Å². The number of likely N-dealkylation sites (tertiary alicyclic amines) is 1. The minimum atomic E-state index is -2.89. The Labute approximate surface area is 170 Å². The first-order chi connectivity index (χ1) is 13.9. The van der Waals surface area contributed by atoms with Crippen LogP contribution in [0.3, 0.4) is 0 Å². The fourth-order valence-corrected chi connectivity index (χ4v) is 5.46. The molecule has 0 unspecified atom stereocenters. The topological polar surface area (TPSA) is 71.3 Å². The molecule has 2 fully saturated rings. The maximum atomic E-state index is 13.7. The van der Waals surface area contributed by atoms with Gasteiger partial charge in [0.1, 0.15) is 11.1 Å². The summed E-state index contributed by atoms with van der Waals surface area (Å²) in [5.41, 5.74) is 2.24. The molecular formula is C19H21F2N5O2S. The van der Waals surface area contributed by atoms with Crippen molar-refractivity contribution in [3.63, 3.8) is 0 Å². The summed E-state index contributed by atoms with van der Waals surface area (Å²) >= 11 is 1.50. The van der Waals surface area contributed by atoms with E-state index >= 15 is 0 Å². The normalized spacial score (nSPS) is 25.6. The summed E-state index contributed by atoms with van der Waals surface area (Å²) in [6.07, 6.45) is 1.02. The SMILES string of the molecule is O=C(c1ccc2n(c1=O)C[C@H]1C[C@@H]2CN(c2nncs2)C1)N1CCCC(F)(F)C1. The number of aromatic nitrogens is 3. The number of anilines is 1. The van der Waals surface area contributed by atoms with Gasteiger partial charge in [-0.25, -0.2) is 8.78 Å². The lowest BCUT2D eigenvalue weighted by Crippen LogP contribution is -2.50. The number of alkyl halides is 2. The van der Waals surface area contributed by atoms with Crippen molar-refractivity contribution in [3.8, 4) is 0 Å². The number of nitrogens with zero attached hydrogens (tertiary/aromatic N) is 5. The molecule has 7 nitrogen and oxygen atoms in total. The summed E-state index contributed by atoms with van der Waals surface area (Å²) in [4.78, 5) is 29.2. The summed E-state index contributed by atoms with van der Waals surface area (Å²) in [5.74, 6) is -3.03. The molecule has 154 valence electrons. The third-order valence-electron chi connectivity index (χ3n) is 6.13. The average molecular weight is 421 g/mol. The van der Waals surface area contributed by atoms with Crippen LogP contribution in [0.2, 0.25) is 0 Å². The van der Waals surface area contributed by atoms with Crippen molar-refractivity contribution in [1.29, 1.82) is 0 Å². The second-order valence-corrected chi connectivity index (χ2v) is 9.01. The predicted octanol–water partition coefficient (Wildman–Crippen LogP) is 2.19. The Morgan fingerprint density at radius 2 is 2.10 bits per heavy atom. The fourth-order valence-electron chi connectivity index (χ4n) is 4.88. The Hall–Kier alpha value is -2.36. The van der Waals surface area contributed by atoms with Gasteiger partial charge < -0.3 is 14.4 Å². The molecule has 2 bridgehead atoms. The molecule has 2 saturated heterocycles. The number of rotatable bonds is 2. The van der Waals surface area contributed by atoms with Gasteiger partial charge in [-0.1, -0.05) is 11.3 Å². The number of carbonyl (C=O) groups excluding carboxylic acids is 1. The van der Waals surface area contributed by atoms with E-state index in [0.717, 1.165) is 35.2 Å². The summed E-state index contributed by atoms with van der Waals surface area (Å²) in [7, 11) is 0. The van der Waals surface area contributed by atoms with Crippen LogP contribution >= 0.6 is 11.3 Å². The molecular weight excluding hydrogens is 400 g/mol. The summed E-state index contributed by atoms with van der Waals surface area (Å²) in [5, 5.41) is 8.95. The maximum absolute atomic E-state index is 13.7. The van der Waals surface area contributed by atoms with Crippen molar-refractivity contribution in [3.05, 3.63) is 39.3 Å². The van der Waals surface area contributed by atoms with E-state index in [1.807, 2.05) is 6.07 Å². The van der Waals surface area contributed by atoms with Gasteiger partial charge in [0.15, 0.2) is 0 Å². The zero-order valence-corrected chi connectivity index (χ0v) is 16.6. The second kappa shape index (κ2) is 6.86. The van der Waals surface area contributed by atoms with Gasteiger partial charge in [-0.05, 0) is 30.9 Å². The Morgan fingerprint density at radius 1 is 1.24 bits per heavy atom. The molecule has 29 heavy (non-hydrogen) atoms. The standard InChI is InChI=1S/C19H21F2N5O2S/c20-19(21)4-1-5-24(10-19)16(27)14-2-3-15-13-6-12(8-26(15)17(14)28)7-25(9-13)18-23-22-11-29-18/h2-3,11-13H,1,4-10H2/t12-,13+/m0/s1. The van der Waals surface area contributed by atoms with Crippen LogP contribution in [0.1, 0.15) is 41.2 Å². The highest BCUT2D eigenvalue weighted by Gasteiger charge is 2.39. The van der Waals surface area contributed by atoms with Gasteiger partial charge in [-0.15, -0.1) is 10.2 Å². The Balaban J connectivity index is 1.43. The number of piperidine rings is 2. The summed E-state index contributed by atoms with van der Waals surface area (Å²) in [6, 6.07) is 3.34. The number of fused-ring (bicyclic) bond motifs is 4. The van der Waals surface area contributed by atoms with E-state index in [4.69, 9.17) is 0 Å². The van der Waals surface area contributed by atoms with Crippen LogP contribution in [0.5, 0.6) is 0 Å². The number of pyridine rings is 1. The molecule has 0 aliphatic carbocycles. The number of hydrogen-bond donors (Lipinski definition) is 0. The van der Waals surface area contributed by atoms with Crippen LogP contribution in [0.25, 0.3) is 0 Å². The predicted molar refractivity (Wildman–Crippen MR) is 104 cm³/mol. The van der Waals surface area contributed by atoms with Crippen molar-refractivity contribution in [2.24, 2.45) is 5.92 Å². The van der Waals surface area contributed by atoms with Gasteiger partial charge in [0, 0.05) is 44.2 Å².